The molecule has 3 aromatic carbocycles. The molecule has 4 aromatic rings. The molecule has 2 heterocycles. The van der Waals surface area contributed by atoms with E-state index < -0.39 is 0 Å². The molecule has 0 spiro atoms. The molecule has 1 aromatic heterocycles. The first-order chi connectivity index (χ1) is 15.2. The normalized spacial score (nSPS) is 15.7. The Balaban J connectivity index is 1.64. The molecule has 0 unspecified atom stereocenters. The number of rotatable bonds is 4. The van der Waals surface area contributed by atoms with Gasteiger partial charge in [0.05, 0.1) is 18.2 Å². The first-order valence-electron chi connectivity index (χ1n) is 10.5. The van der Waals surface area contributed by atoms with Crippen molar-refractivity contribution in [2.75, 3.05) is 13.2 Å². The summed E-state index contributed by atoms with van der Waals surface area (Å²) in [4.78, 5) is 19.3. The van der Waals surface area contributed by atoms with Gasteiger partial charge < -0.3 is 14.6 Å². The Kier molecular flexibility index (Phi) is 5.28. The minimum Gasteiger partial charge on any atom is -0.494 e. The van der Waals surface area contributed by atoms with E-state index in [1.54, 1.807) is 0 Å². The third-order valence-corrected chi connectivity index (χ3v) is 6.60. The average Bonchev–Trinajstić information content (AvgIpc) is 3.18. The Morgan fingerprint density at radius 3 is 2.58 bits per heavy atom. The third kappa shape index (κ3) is 3.53. The minimum atomic E-state index is -0.188. The van der Waals surface area contributed by atoms with E-state index in [0.717, 1.165) is 33.4 Å². The van der Waals surface area contributed by atoms with Crippen LogP contribution in [0.1, 0.15) is 40.1 Å². The van der Waals surface area contributed by atoms with Gasteiger partial charge in [-0.2, -0.15) is 0 Å². The molecule has 1 atom stereocenters. The first kappa shape index (κ1) is 19.9. The molecular weight excluding hydrogens is 452 g/mol. The molecule has 0 radical (unpaired) electrons. The second-order valence-electron chi connectivity index (χ2n) is 7.70. The topological polar surface area (TPSA) is 45.3 Å². The highest BCUT2D eigenvalue weighted by Crippen LogP contribution is 2.40. The monoisotopic (exact) mass is 474 g/mol. The highest BCUT2D eigenvalue weighted by atomic mass is 79.9. The maximum atomic E-state index is 13.7. The van der Waals surface area contributed by atoms with E-state index in [2.05, 4.69) is 51.2 Å². The van der Waals surface area contributed by atoms with Crippen molar-refractivity contribution in [1.29, 1.82) is 0 Å². The quantitative estimate of drug-likeness (QED) is 0.387. The number of para-hydroxylation sites is 1. The molecule has 5 rings (SSSR count). The van der Waals surface area contributed by atoms with Gasteiger partial charge in [0, 0.05) is 27.6 Å². The number of hydrogen-bond acceptors (Lipinski definition) is 2. The first-order valence-corrected chi connectivity index (χ1v) is 11.3. The number of H-pyrrole nitrogens is 1. The Hall–Kier alpha value is -3.05. The summed E-state index contributed by atoms with van der Waals surface area (Å²) >= 11 is 3.55. The number of amides is 1. The van der Waals surface area contributed by atoms with Gasteiger partial charge in [-0.25, -0.2) is 0 Å². The number of fused-ring (bicyclic) bond motifs is 3. The minimum absolute atomic E-state index is 0.0238. The highest BCUT2D eigenvalue weighted by molar-refractivity contribution is 9.10. The number of carbonyl (C=O) groups excluding carboxylic acids is 1. The number of benzene rings is 3. The number of nitrogens with one attached hydrogen (secondary N) is 1. The summed E-state index contributed by atoms with van der Waals surface area (Å²) < 4.78 is 6.44. The van der Waals surface area contributed by atoms with Crippen molar-refractivity contribution in [3.05, 3.63) is 99.7 Å². The van der Waals surface area contributed by atoms with Gasteiger partial charge in [-0.05, 0) is 70.7 Å². The maximum Gasteiger partial charge on any atom is 0.255 e. The van der Waals surface area contributed by atoms with Crippen LogP contribution in [0.2, 0.25) is 0 Å². The molecule has 0 fully saturated rings. The maximum absolute atomic E-state index is 13.7. The SMILES string of the molecule is CCOc1ccc([C@@H]2c3[nH]c4ccccc4c3CCN2C(=O)c2ccccc2Br)cc1. The van der Waals surface area contributed by atoms with Gasteiger partial charge in [-0.15, -0.1) is 0 Å². The van der Waals surface area contributed by atoms with E-state index in [1.807, 2.05) is 54.3 Å². The molecule has 1 N–H and O–H groups in total. The predicted molar refractivity (Wildman–Crippen MR) is 127 cm³/mol. The molecule has 5 heteroatoms. The van der Waals surface area contributed by atoms with Gasteiger partial charge in [0.25, 0.3) is 5.91 Å². The Labute approximate surface area is 190 Å². The number of halogens is 1. The molecular formula is C26H23BrN2O2. The summed E-state index contributed by atoms with van der Waals surface area (Å²) in [6.07, 6.45) is 0.822. The van der Waals surface area contributed by atoms with Crippen LogP contribution in [0.5, 0.6) is 5.75 Å². The largest absolute Gasteiger partial charge is 0.494 e. The van der Waals surface area contributed by atoms with Gasteiger partial charge in [-0.3, -0.25) is 4.79 Å². The van der Waals surface area contributed by atoms with Crippen LogP contribution in [0.3, 0.4) is 0 Å². The molecule has 31 heavy (non-hydrogen) atoms. The number of ether oxygens (including phenoxy) is 1. The molecule has 0 saturated heterocycles. The Bertz CT molecular complexity index is 1250. The molecule has 1 amide bonds. The molecule has 156 valence electrons. The second kappa shape index (κ2) is 8.23. The fourth-order valence-corrected chi connectivity index (χ4v) is 4.96. The van der Waals surface area contributed by atoms with Crippen LogP contribution in [0.15, 0.2) is 77.3 Å². The van der Waals surface area contributed by atoms with E-state index >= 15 is 0 Å². The van der Waals surface area contributed by atoms with E-state index in [-0.39, 0.29) is 11.9 Å². The number of carbonyl (C=O) groups is 1. The molecule has 0 bridgehead atoms. The summed E-state index contributed by atoms with van der Waals surface area (Å²) in [5.74, 6) is 0.860. The molecule has 0 aliphatic carbocycles. The van der Waals surface area contributed by atoms with Crippen LogP contribution < -0.4 is 4.74 Å². The van der Waals surface area contributed by atoms with Crippen molar-refractivity contribution >= 4 is 32.7 Å². The third-order valence-electron chi connectivity index (χ3n) is 5.91. The van der Waals surface area contributed by atoms with Crippen LogP contribution in [-0.4, -0.2) is 28.9 Å². The van der Waals surface area contributed by atoms with Crippen LogP contribution in [0, 0.1) is 0 Å². The molecule has 1 aliphatic rings. The summed E-state index contributed by atoms with van der Waals surface area (Å²) in [5, 5.41) is 1.24. The van der Waals surface area contributed by atoms with E-state index in [9.17, 15) is 4.79 Å². The van der Waals surface area contributed by atoms with Gasteiger partial charge in [0.1, 0.15) is 5.75 Å². The molecule has 4 nitrogen and oxygen atoms in total. The lowest BCUT2D eigenvalue weighted by Gasteiger charge is -2.36. The summed E-state index contributed by atoms with van der Waals surface area (Å²) in [5.41, 5.74) is 5.25. The molecule has 0 saturated carbocycles. The van der Waals surface area contributed by atoms with Gasteiger partial charge in [-0.1, -0.05) is 42.5 Å². The number of nitrogens with zero attached hydrogens (tertiary/aromatic N) is 1. The fourth-order valence-electron chi connectivity index (χ4n) is 4.51. The zero-order valence-electron chi connectivity index (χ0n) is 17.3. The second-order valence-corrected chi connectivity index (χ2v) is 8.55. The average molecular weight is 475 g/mol. The van der Waals surface area contributed by atoms with E-state index in [0.29, 0.717) is 18.7 Å². The van der Waals surface area contributed by atoms with Crippen LogP contribution >= 0.6 is 15.9 Å². The van der Waals surface area contributed by atoms with Crippen molar-refractivity contribution in [3.63, 3.8) is 0 Å². The van der Waals surface area contributed by atoms with Crippen molar-refractivity contribution in [1.82, 2.24) is 9.88 Å². The Morgan fingerprint density at radius 1 is 1.06 bits per heavy atom. The summed E-state index contributed by atoms with van der Waals surface area (Å²) in [7, 11) is 0. The van der Waals surface area contributed by atoms with Gasteiger partial charge in [0.15, 0.2) is 0 Å². The summed E-state index contributed by atoms with van der Waals surface area (Å²) in [6.45, 7) is 3.26. The predicted octanol–water partition coefficient (Wildman–Crippen LogP) is 6.12. The standard InChI is InChI=1S/C26H23BrN2O2/c1-2-31-18-13-11-17(12-14-18)25-24-20(19-7-4-6-10-23(19)28-24)15-16-29(25)26(30)21-8-3-5-9-22(21)27/h3-14,25,28H,2,15-16H2,1H3/t25-/m1/s1. The van der Waals surface area contributed by atoms with Gasteiger partial charge >= 0.3 is 0 Å². The number of hydrogen-bond donors (Lipinski definition) is 1. The fraction of sp³-hybridized carbons (Fsp3) is 0.192. The van der Waals surface area contributed by atoms with Crippen LogP contribution in [0.4, 0.5) is 0 Å². The molecule has 1 aliphatic heterocycles. The van der Waals surface area contributed by atoms with Crippen LogP contribution in [-0.2, 0) is 6.42 Å². The Morgan fingerprint density at radius 2 is 1.81 bits per heavy atom. The van der Waals surface area contributed by atoms with Crippen molar-refractivity contribution < 1.29 is 9.53 Å². The lowest BCUT2D eigenvalue weighted by Crippen LogP contribution is -2.40. The zero-order valence-corrected chi connectivity index (χ0v) is 18.9. The van der Waals surface area contributed by atoms with Gasteiger partial charge in [0.2, 0.25) is 0 Å². The van der Waals surface area contributed by atoms with E-state index in [4.69, 9.17) is 4.74 Å². The van der Waals surface area contributed by atoms with E-state index in [1.165, 1.54) is 10.9 Å². The number of aromatic amines is 1. The van der Waals surface area contributed by atoms with Crippen LogP contribution in [0.25, 0.3) is 10.9 Å². The van der Waals surface area contributed by atoms with Crippen molar-refractivity contribution in [3.8, 4) is 5.75 Å². The summed E-state index contributed by atoms with van der Waals surface area (Å²) in [6, 6.07) is 23.9. The highest BCUT2D eigenvalue weighted by Gasteiger charge is 2.35. The smallest absolute Gasteiger partial charge is 0.255 e. The lowest BCUT2D eigenvalue weighted by molar-refractivity contribution is 0.0691. The van der Waals surface area contributed by atoms with Crippen molar-refractivity contribution in [2.24, 2.45) is 0 Å². The number of aromatic nitrogens is 1. The zero-order chi connectivity index (χ0) is 21.4. The lowest BCUT2D eigenvalue weighted by atomic mass is 9.91. The van der Waals surface area contributed by atoms with Crippen molar-refractivity contribution in [2.45, 2.75) is 19.4 Å².